The van der Waals surface area contributed by atoms with Crippen LogP contribution in [0.25, 0.3) is 0 Å². The van der Waals surface area contributed by atoms with Gasteiger partial charge in [-0.3, -0.25) is 0 Å². The predicted octanol–water partition coefficient (Wildman–Crippen LogP) is 1.28. The highest BCUT2D eigenvalue weighted by molar-refractivity contribution is 5.91. The van der Waals surface area contributed by atoms with E-state index in [1.165, 1.54) is 13.2 Å². The molecule has 0 spiro atoms. The second kappa shape index (κ2) is 4.54. The zero-order valence-electron chi connectivity index (χ0n) is 8.48. The summed E-state index contributed by atoms with van der Waals surface area (Å²) < 4.78 is 9.51. The quantitative estimate of drug-likeness (QED) is 0.583. The number of benzene rings is 1. The van der Waals surface area contributed by atoms with Crippen molar-refractivity contribution in [2.24, 2.45) is 0 Å². The van der Waals surface area contributed by atoms with Gasteiger partial charge >= 0.3 is 5.97 Å². The number of ether oxygens (including phenoxy) is 2. The van der Waals surface area contributed by atoms with Crippen LogP contribution in [0.2, 0.25) is 0 Å². The molecule has 0 fully saturated rings. The van der Waals surface area contributed by atoms with Gasteiger partial charge in [0.25, 0.3) is 0 Å². The highest BCUT2D eigenvalue weighted by atomic mass is 16.5. The Labute approximate surface area is 86.9 Å². The van der Waals surface area contributed by atoms with E-state index >= 15 is 0 Å². The maximum Gasteiger partial charge on any atom is 0.338 e. The first kappa shape index (κ1) is 11.2. The molecule has 5 nitrogen and oxygen atoms in total. The van der Waals surface area contributed by atoms with Crippen LogP contribution in [-0.2, 0) is 4.74 Å². The molecule has 0 atom stereocenters. The van der Waals surface area contributed by atoms with Crippen molar-refractivity contribution in [1.29, 1.82) is 0 Å². The van der Waals surface area contributed by atoms with Gasteiger partial charge in [0.1, 0.15) is 0 Å². The van der Waals surface area contributed by atoms with Crippen LogP contribution in [0.3, 0.4) is 0 Å². The second-order valence-electron chi connectivity index (χ2n) is 2.77. The van der Waals surface area contributed by atoms with Crippen molar-refractivity contribution in [3.8, 4) is 17.2 Å². The predicted molar refractivity (Wildman–Crippen MR) is 52.3 cm³/mol. The molecule has 0 radical (unpaired) electrons. The molecule has 1 aromatic carbocycles. The number of rotatable bonds is 3. The van der Waals surface area contributed by atoms with E-state index in [1.807, 2.05) is 0 Å². The Morgan fingerprint density at radius 1 is 1.40 bits per heavy atom. The molecule has 15 heavy (non-hydrogen) atoms. The van der Waals surface area contributed by atoms with E-state index in [-0.39, 0.29) is 17.9 Å². The lowest BCUT2D eigenvalue weighted by atomic mass is 10.2. The highest BCUT2D eigenvalue weighted by Gasteiger charge is 2.14. The van der Waals surface area contributed by atoms with Gasteiger partial charge in [-0.25, -0.2) is 4.79 Å². The Morgan fingerprint density at radius 3 is 2.60 bits per heavy atom. The number of carbonyl (C=O) groups excluding carboxylic acids is 1. The molecule has 1 rings (SSSR count). The van der Waals surface area contributed by atoms with Crippen LogP contribution in [0, 0.1) is 0 Å². The number of phenolic OH excluding ortho intramolecular Hbond substituents is 2. The molecular formula is C10H12O5. The summed E-state index contributed by atoms with van der Waals surface area (Å²) in [6.45, 7) is 1.91. The van der Waals surface area contributed by atoms with Crippen molar-refractivity contribution in [3.05, 3.63) is 17.7 Å². The molecule has 0 heterocycles. The second-order valence-corrected chi connectivity index (χ2v) is 2.77. The Kier molecular flexibility index (Phi) is 3.38. The summed E-state index contributed by atoms with van der Waals surface area (Å²) in [4.78, 5) is 11.3. The summed E-state index contributed by atoms with van der Waals surface area (Å²) in [5.41, 5.74) is 0.129. The Balaban J connectivity index is 3.10. The van der Waals surface area contributed by atoms with Gasteiger partial charge in [-0.2, -0.15) is 0 Å². The molecule has 2 N–H and O–H groups in total. The molecule has 0 amide bonds. The summed E-state index contributed by atoms with van der Waals surface area (Å²) in [7, 11) is 1.32. The zero-order valence-corrected chi connectivity index (χ0v) is 8.48. The van der Waals surface area contributed by atoms with E-state index in [0.29, 0.717) is 0 Å². The van der Waals surface area contributed by atoms with E-state index in [4.69, 9.17) is 9.47 Å². The normalized spacial score (nSPS) is 9.73. The van der Waals surface area contributed by atoms with Gasteiger partial charge < -0.3 is 19.7 Å². The molecule has 1 aromatic rings. The Hall–Kier alpha value is -1.91. The van der Waals surface area contributed by atoms with Gasteiger partial charge in [-0.05, 0) is 19.1 Å². The fraction of sp³-hybridized carbons (Fsp3) is 0.300. The first-order valence-electron chi connectivity index (χ1n) is 4.37. The van der Waals surface area contributed by atoms with E-state index in [9.17, 15) is 15.0 Å². The molecule has 0 unspecified atom stereocenters. The molecular weight excluding hydrogens is 200 g/mol. The van der Waals surface area contributed by atoms with Crippen molar-refractivity contribution < 1.29 is 24.5 Å². The van der Waals surface area contributed by atoms with Crippen LogP contribution < -0.4 is 4.74 Å². The van der Waals surface area contributed by atoms with Crippen LogP contribution in [0.5, 0.6) is 17.2 Å². The maximum absolute atomic E-state index is 11.3. The molecule has 0 bridgehead atoms. The number of aromatic hydroxyl groups is 2. The molecule has 0 saturated heterocycles. The highest BCUT2D eigenvalue weighted by Crippen LogP contribution is 2.36. The first-order chi connectivity index (χ1) is 7.10. The number of hydrogen-bond donors (Lipinski definition) is 2. The van der Waals surface area contributed by atoms with Crippen LogP contribution in [0.4, 0.5) is 0 Å². The summed E-state index contributed by atoms with van der Waals surface area (Å²) in [6.07, 6.45) is 0. The van der Waals surface area contributed by atoms with E-state index in [0.717, 1.165) is 6.07 Å². The third-order valence-corrected chi connectivity index (χ3v) is 1.79. The van der Waals surface area contributed by atoms with Gasteiger partial charge in [0, 0.05) is 0 Å². The van der Waals surface area contributed by atoms with Crippen molar-refractivity contribution in [2.75, 3.05) is 13.7 Å². The van der Waals surface area contributed by atoms with Gasteiger partial charge in [0.05, 0.1) is 19.3 Å². The monoisotopic (exact) mass is 212 g/mol. The first-order valence-corrected chi connectivity index (χ1v) is 4.37. The fourth-order valence-electron chi connectivity index (χ4n) is 1.08. The van der Waals surface area contributed by atoms with Crippen LogP contribution >= 0.6 is 0 Å². The fourth-order valence-corrected chi connectivity index (χ4v) is 1.08. The lowest BCUT2D eigenvalue weighted by molar-refractivity contribution is 0.0525. The maximum atomic E-state index is 11.3. The molecule has 0 aliphatic heterocycles. The lowest BCUT2D eigenvalue weighted by Gasteiger charge is -2.07. The van der Waals surface area contributed by atoms with Crippen molar-refractivity contribution in [3.63, 3.8) is 0 Å². The van der Waals surface area contributed by atoms with Crippen molar-refractivity contribution >= 4 is 5.97 Å². The largest absolute Gasteiger partial charge is 0.504 e. The summed E-state index contributed by atoms with van der Waals surface area (Å²) >= 11 is 0. The number of hydrogen-bond acceptors (Lipinski definition) is 5. The van der Waals surface area contributed by atoms with E-state index in [2.05, 4.69) is 0 Å². The topological polar surface area (TPSA) is 76.0 Å². The molecule has 0 aliphatic rings. The SMILES string of the molecule is CCOC(=O)c1cc(O)c(O)c(OC)c1. The van der Waals surface area contributed by atoms with Crippen LogP contribution in [0.1, 0.15) is 17.3 Å². The minimum absolute atomic E-state index is 0.0260. The number of methoxy groups -OCH3 is 1. The minimum atomic E-state index is -0.578. The molecule has 5 heteroatoms. The van der Waals surface area contributed by atoms with Crippen molar-refractivity contribution in [2.45, 2.75) is 6.92 Å². The Bertz CT molecular complexity index is 372. The summed E-state index contributed by atoms with van der Waals surface area (Å²) in [5, 5.41) is 18.6. The standard InChI is InChI=1S/C10H12O5/c1-3-15-10(13)6-4-7(11)9(12)8(5-6)14-2/h4-5,11-12H,3H2,1-2H3. The van der Waals surface area contributed by atoms with Crippen LogP contribution in [0.15, 0.2) is 12.1 Å². The lowest BCUT2D eigenvalue weighted by Crippen LogP contribution is -2.04. The van der Waals surface area contributed by atoms with Gasteiger partial charge in [-0.1, -0.05) is 0 Å². The van der Waals surface area contributed by atoms with Crippen LogP contribution in [-0.4, -0.2) is 29.9 Å². The number of phenols is 2. The molecule has 0 aromatic heterocycles. The van der Waals surface area contributed by atoms with E-state index < -0.39 is 17.5 Å². The molecule has 82 valence electrons. The third kappa shape index (κ3) is 2.31. The third-order valence-electron chi connectivity index (χ3n) is 1.79. The van der Waals surface area contributed by atoms with Crippen molar-refractivity contribution in [1.82, 2.24) is 0 Å². The smallest absolute Gasteiger partial charge is 0.338 e. The van der Waals surface area contributed by atoms with E-state index in [1.54, 1.807) is 6.92 Å². The zero-order chi connectivity index (χ0) is 11.4. The molecule has 0 saturated carbocycles. The Morgan fingerprint density at radius 2 is 2.07 bits per heavy atom. The summed E-state index contributed by atoms with van der Waals surface area (Å²) in [6, 6.07) is 2.42. The average molecular weight is 212 g/mol. The molecule has 0 aliphatic carbocycles. The number of esters is 1. The van der Waals surface area contributed by atoms with Gasteiger partial charge in [0.2, 0.25) is 5.75 Å². The van der Waals surface area contributed by atoms with Gasteiger partial charge in [-0.15, -0.1) is 0 Å². The minimum Gasteiger partial charge on any atom is -0.504 e. The van der Waals surface area contributed by atoms with Gasteiger partial charge in [0.15, 0.2) is 11.5 Å². The summed E-state index contributed by atoms with van der Waals surface area (Å²) in [5.74, 6) is -1.37. The number of carbonyl (C=O) groups is 1. The average Bonchev–Trinajstić information content (AvgIpc) is 2.22.